The van der Waals surface area contributed by atoms with Crippen molar-refractivity contribution < 1.29 is 9.18 Å². The second-order valence-electron chi connectivity index (χ2n) is 6.03. The van der Waals surface area contributed by atoms with Crippen LogP contribution in [0.4, 0.5) is 14.9 Å². The Morgan fingerprint density at radius 2 is 1.52 bits per heavy atom. The highest BCUT2D eigenvalue weighted by Crippen LogP contribution is 2.24. The number of rotatable bonds is 5. The molecule has 0 heterocycles. The fourth-order valence-electron chi connectivity index (χ4n) is 2.60. The molecule has 0 saturated carbocycles. The average molecular weight is 403 g/mol. The highest BCUT2D eigenvalue weighted by molar-refractivity contribution is 6.42. The van der Waals surface area contributed by atoms with E-state index in [0.717, 1.165) is 11.1 Å². The van der Waals surface area contributed by atoms with Crippen LogP contribution in [-0.2, 0) is 13.1 Å². The van der Waals surface area contributed by atoms with Crippen molar-refractivity contribution >= 4 is 34.9 Å². The van der Waals surface area contributed by atoms with Crippen LogP contribution in [-0.4, -0.2) is 10.9 Å². The molecular weight excluding hydrogens is 386 g/mol. The number of anilines is 1. The molecule has 27 heavy (non-hydrogen) atoms. The lowest BCUT2D eigenvalue weighted by Gasteiger charge is -2.24. The van der Waals surface area contributed by atoms with Gasteiger partial charge in [0.25, 0.3) is 0 Å². The third-order valence-corrected chi connectivity index (χ3v) is 4.70. The summed E-state index contributed by atoms with van der Waals surface area (Å²) in [6, 6.07) is 20.3. The van der Waals surface area contributed by atoms with Crippen LogP contribution < -0.4 is 5.32 Å². The molecule has 0 saturated heterocycles. The summed E-state index contributed by atoms with van der Waals surface area (Å²) in [7, 11) is 0. The number of halogens is 3. The van der Waals surface area contributed by atoms with Crippen molar-refractivity contribution in [1.29, 1.82) is 0 Å². The Balaban J connectivity index is 1.80. The number of nitrogens with one attached hydrogen (secondary N) is 1. The zero-order valence-corrected chi connectivity index (χ0v) is 15.8. The molecule has 0 unspecified atom stereocenters. The van der Waals surface area contributed by atoms with Crippen molar-refractivity contribution in [2.75, 3.05) is 5.32 Å². The Morgan fingerprint density at radius 1 is 0.852 bits per heavy atom. The third kappa shape index (κ3) is 5.46. The maximum absolute atomic E-state index is 13.1. The number of carbonyl (C=O) groups is 1. The average Bonchev–Trinajstić information content (AvgIpc) is 2.67. The highest BCUT2D eigenvalue weighted by Gasteiger charge is 2.16. The minimum Gasteiger partial charge on any atom is -0.316 e. The van der Waals surface area contributed by atoms with Crippen molar-refractivity contribution in [3.63, 3.8) is 0 Å². The molecule has 0 aliphatic heterocycles. The van der Waals surface area contributed by atoms with Crippen LogP contribution in [0.25, 0.3) is 0 Å². The summed E-state index contributed by atoms with van der Waals surface area (Å²) in [5.41, 5.74) is 2.37. The van der Waals surface area contributed by atoms with Crippen LogP contribution in [0.1, 0.15) is 11.1 Å². The maximum Gasteiger partial charge on any atom is 0.322 e. The molecule has 0 atom stereocenters. The number of amides is 2. The van der Waals surface area contributed by atoms with Crippen molar-refractivity contribution in [1.82, 2.24) is 4.90 Å². The molecule has 3 aromatic carbocycles. The first-order chi connectivity index (χ1) is 13.0. The van der Waals surface area contributed by atoms with E-state index in [2.05, 4.69) is 5.32 Å². The van der Waals surface area contributed by atoms with E-state index in [9.17, 15) is 9.18 Å². The molecule has 138 valence electrons. The summed E-state index contributed by atoms with van der Waals surface area (Å²) in [4.78, 5) is 14.5. The van der Waals surface area contributed by atoms with Crippen molar-refractivity contribution in [2.24, 2.45) is 0 Å². The van der Waals surface area contributed by atoms with Gasteiger partial charge in [0, 0.05) is 18.8 Å². The van der Waals surface area contributed by atoms with Gasteiger partial charge in [-0.15, -0.1) is 0 Å². The Labute approximate surface area is 167 Å². The Kier molecular flexibility index (Phi) is 6.32. The van der Waals surface area contributed by atoms with Crippen LogP contribution in [0.15, 0.2) is 72.8 Å². The van der Waals surface area contributed by atoms with Crippen LogP contribution in [0.5, 0.6) is 0 Å². The quantitative estimate of drug-likeness (QED) is 0.528. The van der Waals surface area contributed by atoms with E-state index in [0.29, 0.717) is 28.8 Å². The van der Waals surface area contributed by atoms with E-state index in [1.807, 2.05) is 36.4 Å². The van der Waals surface area contributed by atoms with Gasteiger partial charge in [-0.2, -0.15) is 0 Å². The van der Waals surface area contributed by atoms with Gasteiger partial charge in [0.2, 0.25) is 0 Å². The monoisotopic (exact) mass is 402 g/mol. The molecule has 0 fully saturated rings. The number of hydrogen-bond acceptors (Lipinski definition) is 1. The predicted octanol–water partition coefficient (Wildman–Crippen LogP) is 6.37. The van der Waals surface area contributed by atoms with Crippen LogP contribution in [0.2, 0.25) is 10.0 Å². The van der Waals surface area contributed by atoms with E-state index >= 15 is 0 Å². The second-order valence-corrected chi connectivity index (χ2v) is 6.84. The number of nitrogens with zero attached hydrogens (tertiary/aromatic N) is 1. The standard InChI is InChI=1S/C21H17Cl2FN2O/c22-19-11-6-16(12-20(19)23)14-26(13-15-4-2-1-3-5-15)21(27)25-18-9-7-17(24)8-10-18/h1-12H,13-14H2,(H,25,27). The predicted molar refractivity (Wildman–Crippen MR) is 108 cm³/mol. The van der Waals surface area contributed by atoms with Crippen molar-refractivity contribution in [3.8, 4) is 0 Å². The van der Waals surface area contributed by atoms with Crippen molar-refractivity contribution in [3.05, 3.63) is 99.8 Å². The lowest BCUT2D eigenvalue weighted by molar-refractivity contribution is 0.206. The van der Waals surface area contributed by atoms with Gasteiger partial charge in [-0.3, -0.25) is 0 Å². The first-order valence-electron chi connectivity index (χ1n) is 8.30. The summed E-state index contributed by atoms with van der Waals surface area (Å²) >= 11 is 12.1. The van der Waals surface area contributed by atoms with E-state index < -0.39 is 0 Å². The van der Waals surface area contributed by atoms with Gasteiger partial charge in [-0.1, -0.05) is 59.6 Å². The van der Waals surface area contributed by atoms with Gasteiger partial charge in [-0.25, -0.2) is 9.18 Å². The second kappa shape index (κ2) is 8.89. The van der Waals surface area contributed by atoms with E-state index in [1.54, 1.807) is 17.0 Å². The summed E-state index contributed by atoms with van der Waals surface area (Å²) in [6.07, 6.45) is 0. The Bertz CT molecular complexity index is 917. The molecule has 0 aliphatic carbocycles. The van der Waals surface area contributed by atoms with Gasteiger partial charge < -0.3 is 10.2 Å². The number of hydrogen-bond donors (Lipinski definition) is 1. The van der Waals surface area contributed by atoms with Crippen molar-refractivity contribution in [2.45, 2.75) is 13.1 Å². The fourth-order valence-corrected chi connectivity index (χ4v) is 2.92. The Morgan fingerprint density at radius 3 is 2.19 bits per heavy atom. The molecule has 2 amide bonds. The lowest BCUT2D eigenvalue weighted by Crippen LogP contribution is -2.34. The molecule has 1 N–H and O–H groups in total. The molecular formula is C21H17Cl2FN2O. The molecule has 0 aromatic heterocycles. The first kappa shape index (κ1) is 19.2. The van der Waals surface area contributed by atoms with Gasteiger partial charge >= 0.3 is 6.03 Å². The molecule has 0 spiro atoms. The third-order valence-electron chi connectivity index (χ3n) is 3.96. The topological polar surface area (TPSA) is 32.3 Å². The molecule has 3 aromatic rings. The molecule has 6 heteroatoms. The normalized spacial score (nSPS) is 10.5. The number of carbonyl (C=O) groups excluding carboxylic acids is 1. The van der Waals surface area contributed by atoms with E-state index in [-0.39, 0.29) is 11.8 Å². The summed E-state index contributed by atoms with van der Waals surface area (Å²) in [6.45, 7) is 0.757. The van der Waals surface area contributed by atoms with Gasteiger partial charge in [0.05, 0.1) is 10.0 Å². The van der Waals surface area contributed by atoms with Crippen LogP contribution >= 0.6 is 23.2 Å². The molecule has 3 rings (SSSR count). The minimum atomic E-state index is -0.357. The summed E-state index contributed by atoms with van der Waals surface area (Å²) < 4.78 is 13.1. The zero-order valence-electron chi connectivity index (χ0n) is 14.3. The smallest absolute Gasteiger partial charge is 0.316 e. The number of urea groups is 1. The van der Waals surface area contributed by atoms with Crippen LogP contribution in [0, 0.1) is 5.82 Å². The van der Waals surface area contributed by atoms with E-state index in [4.69, 9.17) is 23.2 Å². The largest absolute Gasteiger partial charge is 0.322 e. The van der Waals surface area contributed by atoms with Gasteiger partial charge in [0.15, 0.2) is 0 Å². The first-order valence-corrected chi connectivity index (χ1v) is 9.06. The molecule has 0 radical (unpaired) electrons. The van der Waals surface area contributed by atoms with E-state index in [1.165, 1.54) is 24.3 Å². The summed E-state index contributed by atoms with van der Waals surface area (Å²) in [5, 5.41) is 3.70. The fraction of sp³-hybridized carbons (Fsp3) is 0.0952. The van der Waals surface area contributed by atoms with Crippen LogP contribution in [0.3, 0.4) is 0 Å². The van der Waals surface area contributed by atoms with Gasteiger partial charge in [-0.05, 0) is 47.5 Å². The highest BCUT2D eigenvalue weighted by atomic mass is 35.5. The molecule has 3 nitrogen and oxygen atoms in total. The molecule has 0 bridgehead atoms. The zero-order chi connectivity index (χ0) is 19.2. The number of benzene rings is 3. The SMILES string of the molecule is O=C(Nc1ccc(F)cc1)N(Cc1ccccc1)Cc1ccc(Cl)c(Cl)c1. The summed E-state index contributed by atoms with van der Waals surface area (Å²) in [5.74, 6) is -0.357. The molecule has 0 aliphatic rings. The minimum absolute atomic E-state index is 0.295. The van der Waals surface area contributed by atoms with Gasteiger partial charge in [0.1, 0.15) is 5.82 Å². The lowest BCUT2D eigenvalue weighted by atomic mass is 10.1. The Hall–Kier alpha value is -2.56. The maximum atomic E-state index is 13.1.